The molecule has 1 aliphatic heterocycles. The summed E-state index contributed by atoms with van der Waals surface area (Å²) in [5.41, 5.74) is 4.30. The Morgan fingerprint density at radius 1 is 0.833 bits per heavy atom. The number of anilines is 1. The number of fused-ring (bicyclic) bond motifs is 1. The summed E-state index contributed by atoms with van der Waals surface area (Å²) < 4.78 is 62.5. The van der Waals surface area contributed by atoms with Crippen LogP contribution >= 0.6 is 35.2 Å². The molecule has 2 aromatic rings. The maximum absolute atomic E-state index is 12.8. The molecule has 10 N–H and O–H groups in total. The van der Waals surface area contributed by atoms with E-state index in [0.717, 1.165) is 54.2 Å². The number of nitrogens with one attached hydrogen (secondary N) is 2. The second kappa shape index (κ2) is 32.2. The Labute approximate surface area is 426 Å². The van der Waals surface area contributed by atoms with Gasteiger partial charge in [-0.3, -0.25) is 32.5 Å². The van der Waals surface area contributed by atoms with Crippen molar-refractivity contribution in [2.24, 2.45) is 11.3 Å². The Morgan fingerprint density at radius 3 is 2.03 bits per heavy atom. The van der Waals surface area contributed by atoms with Crippen molar-refractivity contribution >= 4 is 69.1 Å². The molecule has 0 bridgehead atoms. The molecular formula is C44H80N7O17P3S. The molecule has 0 radical (unpaired) electrons. The molecule has 1 saturated heterocycles. The number of carbonyl (C=O) groups excluding carboxylic acids is 3. The summed E-state index contributed by atoms with van der Waals surface area (Å²) in [4.78, 5) is 88.6. The number of phosphoric acid groups is 3. The third kappa shape index (κ3) is 24.5. The average Bonchev–Trinajstić information content (AvgIpc) is 3.87. The smallest absolute Gasteiger partial charge is 0.386 e. The number of nitrogen functional groups attached to an aromatic ring is 1. The molecule has 2 aromatic heterocycles. The number of nitrogens with zero attached hydrogens (tertiary/aromatic N) is 4. The molecule has 28 heteroatoms. The second-order valence-electron chi connectivity index (χ2n) is 19.0. The van der Waals surface area contributed by atoms with E-state index in [9.17, 15) is 57.9 Å². The van der Waals surface area contributed by atoms with Gasteiger partial charge in [0.1, 0.15) is 36.3 Å². The number of phosphoric ester groups is 3. The molecule has 2 amide bonds. The number of hydrogen-bond donors (Lipinski definition) is 9. The number of rotatable bonds is 39. The SMILES string of the molecule is CCCCCC(C)CCCCCCCCCCCCCCCC(=O)SCCNC(=O)CCNC(=O)C(O)C(C)(C)COP(=O)(O)OP(=O)(O)OCC1OC(n2cnc3c(N)ncnc32)C(O)C1OP(=O)(O)O. The number of hydrogen-bond acceptors (Lipinski definition) is 18. The monoisotopic (exact) mass is 1100 g/mol. The van der Waals surface area contributed by atoms with Gasteiger partial charge in [0, 0.05) is 37.1 Å². The molecule has 1 fully saturated rings. The molecule has 0 aromatic carbocycles. The normalized spacial score (nSPS) is 20.0. The molecule has 72 heavy (non-hydrogen) atoms. The first kappa shape index (κ1) is 63.8. The minimum absolute atomic E-state index is 0.0343. The quantitative estimate of drug-likeness (QED) is 0.0247. The van der Waals surface area contributed by atoms with E-state index >= 15 is 0 Å². The fourth-order valence-corrected chi connectivity index (χ4v) is 11.5. The fraction of sp³-hybridized carbons (Fsp3) is 0.818. The van der Waals surface area contributed by atoms with Crippen LogP contribution in [0.2, 0.25) is 0 Å². The maximum atomic E-state index is 12.8. The summed E-state index contributed by atoms with van der Waals surface area (Å²) in [6, 6.07) is 0. The largest absolute Gasteiger partial charge is 0.481 e. The summed E-state index contributed by atoms with van der Waals surface area (Å²) >= 11 is 1.16. The number of aliphatic hydroxyl groups excluding tert-OH is 2. The second-order valence-corrected chi connectivity index (χ2v) is 24.4. The summed E-state index contributed by atoms with van der Waals surface area (Å²) in [7, 11) is -16.4. The van der Waals surface area contributed by atoms with Gasteiger partial charge in [-0.2, -0.15) is 4.31 Å². The van der Waals surface area contributed by atoms with Crippen LogP contribution in [0.25, 0.3) is 11.2 Å². The van der Waals surface area contributed by atoms with Gasteiger partial charge in [0.25, 0.3) is 0 Å². The van der Waals surface area contributed by atoms with Crippen molar-refractivity contribution in [3.63, 3.8) is 0 Å². The van der Waals surface area contributed by atoms with E-state index in [-0.39, 0.29) is 41.6 Å². The van der Waals surface area contributed by atoms with Gasteiger partial charge in [0.2, 0.25) is 11.8 Å². The molecule has 3 rings (SSSR count). The number of thioether (sulfide) groups is 1. The fourth-order valence-electron chi connectivity index (χ4n) is 7.96. The summed E-state index contributed by atoms with van der Waals surface area (Å²) in [6.07, 6.45) is 16.5. The Bertz CT molecular complexity index is 2100. The van der Waals surface area contributed by atoms with Gasteiger partial charge in [0.05, 0.1) is 19.5 Å². The topological polar surface area (TPSA) is 364 Å². The predicted molar refractivity (Wildman–Crippen MR) is 270 cm³/mol. The Morgan fingerprint density at radius 2 is 1.42 bits per heavy atom. The van der Waals surface area contributed by atoms with E-state index in [0.29, 0.717) is 12.2 Å². The van der Waals surface area contributed by atoms with Crippen LogP contribution in [0.15, 0.2) is 12.7 Å². The van der Waals surface area contributed by atoms with E-state index in [2.05, 4.69) is 48.3 Å². The van der Waals surface area contributed by atoms with E-state index in [4.69, 9.17) is 19.5 Å². The number of aromatic nitrogens is 4. The first-order valence-electron chi connectivity index (χ1n) is 25.0. The molecule has 414 valence electrons. The number of nitrogens with two attached hydrogens (primary N) is 1. The minimum Gasteiger partial charge on any atom is -0.386 e. The summed E-state index contributed by atoms with van der Waals surface area (Å²) in [5.74, 6) is -0.140. The molecular weight excluding hydrogens is 1020 g/mol. The van der Waals surface area contributed by atoms with Crippen LogP contribution in [-0.4, -0.2) is 123 Å². The average molecular weight is 1100 g/mol. The van der Waals surface area contributed by atoms with Gasteiger partial charge in [-0.25, -0.2) is 28.6 Å². The Kier molecular flexibility index (Phi) is 28.6. The molecule has 0 spiro atoms. The highest BCUT2D eigenvalue weighted by Crippen LogP contribution is 2.61. The van der Waals surface area contributed by atoms with Crippen LogP contribution in [0, 0.1) is 11.3 Å². The molecule has 0 aliphatic carbocycles. The van der Waals surface area contributed by atoms with Crippen LogP contribution < -0.4 is 16.4 Å². The van der Waals surface area contributed by atoms with E-state index in [1.54, 1.807) is 0 Å². The number of ether oxygens (including phenoxy) is 1. The molecule has 3 heterocycles. The summed E-state index contributed by atoms with van der Waals surface area (Å²) in [6.45, 7) is 5.25. The third-order valence-corrected chi connectivity index (χ3v) is 16.2. The number of unbranched alkanes of at least 4 members (excludes halogenated alkanes) is 14. The highest BCUT2D eigenvalue weighted by molar-refractivity contribution is 8.13. The lowest BCUT2D eigenvalue weighted by Crippen LogP contribution is -2.46. The van der Waals surface area contributed by atoms with E-state index in [1.165, 1.54) is 110 Å². The van der Waals surface area contributed by atoms with Gasteiger partial charge in [-0.1, -0.05) is 149 Å². The van der Waals surface area contributed by atoms with Crippen molar-refractivity contribution in [2.75, 3.05) is 37.8 Å². The van der Waals surface area contributed by atoms with Crippen molar-refractivity contribution in [2.45, 2.75) is 187 Å². The van der Waals surface area contributed by atoms with Crippen molar-refractivity contribution < 1.29 is 80.5 Å². The lowest BCUT2D eigenvalue weighted by atomic mass is 9.87. The minimum atomic E-state index is -5.58. The highest BCUT2D eigenvalue weighted by atomic mass is 32.2. The maximum Gasteiger partial charge on any atom is 0.481 e. The first-order chi connectivity index (χ1) is 33.9. The van der Waals surface area contributed by atoms with Crippen molar-refractivity contribution in [3.05, 3.63) is 12.7 Å². The number of carbonyl (C=O) groups is 3. The van der Waals surface area contributed by atoms with Gasteiger partial charge >= 0.3 is 23.5 Å². The Hall–Kier alpha value is -2.44. The van der Waals surface area contributed by atoms with Crippen LogP contribution in [0.4, 0.5) is 5.82 Å². The van der Waals surface area contributed by atoms with Gasteiger partial charge in [-0.15, -0.1) is 0 Å². The van der Waals surface area contributed by atoms with Gasteiger partial charge < -0.3 is 50.9 Å². The van der Waals surface area contributed by atoms with E-state index < -0.39 is 84.6 Å². The summed E-state index contributed by atoms with van der Waals surface area (Å²) in [5, 5.41) is 26.7. The van der Waals surface area contributed by atoms with Crippen molar-refractivity contribution in [1.82, 2.24) is 30.2 Å². The molecule has 8 unspecified atom stereocenters. The van der Waals surface area contributed by atoms with Crippen LogP contribution in [-0.2, 0) is 50.7 Å². The standard InChI is InChI=1S/C44H80N7O17P3S/c1-5-6-18-21-32(2)22-19-16-14-12-10-8-7-9-11-13-15-17-20-23-35(53)72-27-26-46-34(52)24-25-47-42(56)39(55)44(3,4)29-65-71(62,63)68-70(60,61)64-28-33-38(67-69(57,58)59)37(54)43(66-33)51-31-50-36-40(45)48-30-49-41(36)51/h30-33,37-39,43,54-55H,5-29H2,1-4H3,(H,46,52)(H,47,56)(H,60,61)(H,62,63)(H2,45,48,49)(H2,57,58,59). The number of amides is 2. The lowest BCUT2D eigenvalue weighted by Gasteiger charge is -2.30. The van der Waals surface area contributed by atoms with Crippen LogP contribution in [0.1, 0.15) is 162 Å². The molecule has 8 atom stereocenters. The highest BCUT2D eigenvalue weighted by Gasteiger charge is 2.50. The third-order valence-electron chi connectivity index (χ3n) is 12.1. The van der Waals surface area contributed by atoms with Crippen molar-refractivity contribution in [1.29, 1.82) is 0 Å². The van der Waals surface area contributed by atoms with Crippen LogP contribution in [0.5, 0.6) is 0 Å². The lowest BCUT2D eigenvalue weighted by molar-refractivity contribution is -0.137. The Balaban J connectivity index is 1.24. The number of imidazole rings is 1. The first-order valence-corrected chi connectivity index (χ1v) is 30.5. The van der Waals surface area contributed by atoms with E-state index in [1.807, 2.05) is 0 Å². The number of aliphatic hydroxyl groups is 2. The zero-order valence-electron chi connectivity index (χ0n) is 42.1. The molecule has 24 nitrogen and oxygen atoms in total. The van der Waals surface area contributed by atoms with Gasteiger partial charge in [0.15, 0.2) is 22.8 Å². The van der Waals surface area contributed by atoms with Crippen LogP contribution in [0.3, 0.4) is 0 Å². The predicted octanol–water partition coefficient (Wildman–Crippen LogP) is 6.73. The van der Waals surface area contributed by atoms with Gasteiger partial charge in [-0.05, 0) is 12.3 Å². The molecule has 1 aliphatic rings. The van der Waals surface area contributed by atoms with Crippen molar-refractivity contribution in [3.8, 4) is 0 Å². The zero-order chi connectivity index (χ0) is 53.4. The molecule has 0 saturated carbocycles. The zero-order valence-corrected chi connectivity index (χ0v) is 45.6.